The van der Waals surface area contributed by atoms with Crippen LogP contribution in [0.25, 0.3) is 0 Å². The molecule has 5 heteroatoms. The van der Waals surface area contributed by atoms with Crippen LogP contribution < -0.4 is 14.2 Å². The Bertz CT molecular complexity index is 655. The zero-order valence-electron chi connectivity index (χ0n) is 14.3. The maximum absolute atomic E-state index is 12.4. The Labute approximate surface area is 142 Å². The van der Waals surface area contributed by atoms with Gasteiger partial charge >= 0.3 is 0 Å². The van der Waals surface area contributed by atoms with Crippen molar-refractivity contribution in [3.05, 3.63) is 54.1 Å². The first-order valence-electron chi connectivity index (χ1n) is 7.84. The summed E-state index contributed by atoms with van der Waals surface area (Å²) in [5.41, 5.74) is 1.04. The Morgan fingerprint density at radius 2 is 1.62 bits per heavy atom. The number of methoxy groups -OCH3 is 2. The van der Waals surface area contributed by atoms with Gasteiger partial charge < -0.3 is 19.1 Å². The molecule has 0 bridgehead atoms. The molecule has 2 rings (SSSR count). The van der Waals surface area contributed by atoms with Gasteiger partial charge in [-0.25, -0.2) is 0 Å². The molecule has 0 heterocycles. The molecule has 0 aliphatic heterocycles. The number of likely N-dealkylation sites (N-methyl/N-ethyl adjacent to an activating group) is 1. The second-order valence-corrected chi connectivity index (χ2v) is 5.20. The van der Waals surface area contributed by atoms with Gasteiger partial charge in [-0.05, 0) is 36.8 Å². The van der Waals surface area contributed by atoms with E-state index >= 15 is 0 Å². The highest BCUT2D eigenvalue weighted by molar-refractivity contribution is 5.77. The number of nitrogens with zero attached hydrogens (tertiary/aromatic N) is 1. The minimum atomic E-state index is -0.0702. The molecule has 1 amide bonds. The average Bonchev–Trinajstić information content (AvgIpc) is 2.64. The summed E-state index contributed by atoms with van der Waals surface area (Å²) in [6.07, 6.45) is 0. The standard InChI is InChI=1S/C19H23NO4/c1-4-20(13-15-9-11-16(22-2)12-10-15)19(21)14-24-18-8-6-5-7-17(18)23-3/h5-12H,4,13-14H2,1-3H3. The number of para-hydroxylation sites is 2. The van der Waals surface area contributed by atoms with Crippen LogP contribution in [0, 0.1) is 0 Å². The lowest BCUT2D eigenvalue weighted by atomic mass is 10.2. The third-order valence-electron chi connectivity index (χ3n) is 3.69. The minimum Gasteiger partial charge on any atom is -0.497 e. The summed E-state index contributed by atoms with van der Waals surface area (Å²) in [6, 6.07) is 15.0. The first-order chi connectivity index (χ1) is 11.7. The monoisotopic (exact) mass is 329 g/mol. The van der Waals surface area contributed by atoms with Crippen LogP contribution in [0.4, 0.5) is 0 Å². The lowest BCUT2D eigenvalue weighted by Gasteiger charge is -2.21. The van der Waals surface area contributed by atoms with Crippen molar-refractivity contribution in [2.75, 3.05) is 27.4 Å². The van der Waals surface area contributed by atoms with Crippen LogP contribution in [-0.4, -0.2) is 38.2 Å². The highest BCUT2D eigenvalue weighted by Gasteiger charge is 2.14. The molecule has 0 radical (unpaired) electrons. The lowest BCUT2D eigenvalue weighted by Crippen LogP contribution is -2.34. The van der Waals surface area contributed by atoms with E-state index in [2.05, 4.69) is 0 Å². The van der Waals surface area contributed by atoms with E-state index in [4.69, 9.17) is 14.2 Å². The van der Waals surface area contributed by atoms with Crippen molar-refractivity contribution in [3.8, 4) is 17.2 Å². The van der Waals surface area contributed by atoms with Gasteiger partial charge in [0.25, 0.3) is 5.91 Å². The van der Waals surface area contributed by atoms with Crippen molar-refractivity contribution in [1.82, 2.24) is 4.90 Å². The highest BCUT2D eigenvalue weighted by atomic mass is 16.5. The van der Waals surface area contributed by atoms with Crippen LogP contribution in [0.15, 0.2) is 48.5 Å². The summed E-state index contributed by atoms with van der Waals surface area (Å²) < 4.78 is 16.0. The number of carbonyl (C=O) groups excluding carboxylic acids is 1. The van der Waals surface area contributed by atoms with Crippen molar-refractivity contribution in [2.45, 2.75) is 13.5 Å². The van der Waals surface area contributed by atoms with E-state index in [0.29, 0.717) is 24.6 Å². The van der Waals surface area contributed by atoms with E-state index in [-0.39, 0.29) is 12.5 Å². The maximum Gasteiger partial charge on any atom is 0.260 e. The quantitative estimate of drug-likeness (QED) is 0.746. The predicted octanol–water partition coefficient (Wildman–Crippen LogP) is 3.13. The molecule has 0 aliphatic rings. The third kappa shape index (κ3) is 4.65. The fourth-order valence-electron chi connectivity index (χ4n) is 2.30. The molecule has 128 valence electrons. The first-order valence-corrected chi connectivity index (χ1v) is 7.84. The van der Waals surface area contributed by atoms with Crippen LogP contribution in [0.1, 0.15) is 12.5 Å². The molecule has 0 fully saturated rings. The molecule has 5 nitrogen and oxygen atoms in total. The molecule has 0 aliphatic carbocycles. The van der Waals surface area contributed by atoms with E-state index < -0.39 is 0 Å². The van der Waals surface area contributed by atoms with Crippen LogP contribution in [0.5, 0.6) is 17.2 Å². The summed E-state index contributed by atoms with van der Waals surface area (Å²) >= 11 is 0. The number of rotatable bonds is 8. The fourth-order valence-corrected chi connectivity index (χ4v) is 2.30. The molecular weight excluding hydrogens is 306 g/mol. The molecule has 0 N–H and O–H groups in total. The summed E-state index contributed by atoms with van der Waals surface area (Å²) in [4.78, 5) is 14.2. The van der Waals surface area contributed by atoms with Gasteiger partial charge in [0, 0.05) is 13.1 Å². The smallest absolute Gasteiger partial charge is 0.260 e. The number of hydrogen-bond donors (Lipinski definition) is 0. The fraction of sp³-hybridized carbons (Fsp3) is 0.316. The Morgan fingerprint density at radius 1 is 0.958 bits per heavy atom. The average molecular weight is 329 g/mol. The van der Waals surface area contributed by atoms with Crippen molar-refractivity contribution in [3.63, 3.8) is 0 Å². The first kappa shape index (κ1) is 17.7. The van der Waals surface area contributed by atoms with Gasteiger partial charge in [-0.15, -0.1) is 0 Å². The molecular formula is C19H23NO4. The Balaban J connectivity index is 1.95. The zero-order chi connectivity index (χ0) is 17.4. The topological polar surface area (TPSA) is 48.0 Å². The van der Waals surface area contributed by atoms with Gasteiger partial charge in [-0.1, -0.05) is 24.3 Å². The summed E-state index contributed by atoms with van der Waals surface area (Å²) in [5.74, 6) is 1.91. The van der Waals surface area contributed by atoms with Gasteiger partial charge in [-0.3, -0.25) is 4.79 Å². The Kier molecular flexibility index (Phi) is 6.49. The Morgan fingerprint density at radius 3 is 2.21 bits per heavy atom. The largest absolute Gasteiger partial charge is 0.497 e. The number of amides is 1. The number of hydrogen-bond acceptors (Lipinski definition) is 4. The summed E-state index contributed by atoms with van der Waals surface area (Å²) in [6.45, 7) is 3.07. The second-order valence-electron chi connectivity index (χ2n) is 5.20. The van der Waals surface area contributed by atoms with Gasteiger partial charge in [0.05, 0.1) is 14.2 Å². The lowest BCUT2D eigenvalue weighted by molar-refractivity contribution is -0.133. The van der Waals surface area contributed by atoms with Crippen molar-refractivity contribution in [1.29, 1.82) is 0 Å². The van der Waals surface area contributed by atoms with Crippen LogP contribution in [0.3, 0.4) is 0 Å². The molecule has 0 unspecified atom stereocenters. The van der Waals surface area contributed by atoms with Gasteiger partial charge in [0.15, 0.2) is 18.1 Å². The third-order valence-corrected chi connectivity index (χ3v) is 3.69. The highest BCUT2D eigenvalue weighted by Crippen LogP contribution is 2.25. The normalized spacial score (nSPS) is 10.1. The number of carbonyl (C=O) groups is 1. The van der Waals surface area contributed by atoms with E-state index in [1.54, 1.807) is 31.3 Å². The Hall–Kier alpha value is -2.69. The van der Waals surface area contributed by atoms with E-state index in [0.717, 1.165) is 11.3 Å². The molecule has 0 aromatic heterocycles. The molecule has 0 spiro atoms. The number of benzene rings is 2. The predicted molar refractivity (Wildman–Crippen MR) is 92.6 cm³/mol. The number of ether oxygens (including phenoxy) is 3. The van der Waals surface area contributed by atoms with Crippen LogP contribution in [0.2, 0.25) is 0 Å². The minimum absolute atomic E-state index is 0.0234. The zero-order valence-corrected chi connectivity index (χ0v) is 14.3. The van der Waals surface area contributed by atoms with Crippen molar-refractivity contribution >= 4 is 5.91 Å². The molecule has 2 aromatic carbocycles. The van der Waals surface area contributed by atoms with Gasteiger partial charge in [-0.2, -0.15) is 0 Å². The van der Waals surface area contributed by atoms with E-state index in [1.807, 2.05) is 43.3 Å². The van der Waals surface area contributed by atoms with Crippen LogP contribution >= 0.6 is 0 Å². The molecule has 0 atom stereocenters. The van der Waals surface area contributed by atoms with Gasteiger partial charge in [0.1, 0.15) is 5.75 Å². The van der Waals surface area contributed by atoms with Crippen molar-refractivity contribution < 1.29 is 19.0 Å². The molecule has 2 aromatic rings. The van der Waals surface area contributed by atoms with E-state index in [1.165, 1.54) is 0 Å². The maximum atomic E-state index is 12.4. The van der Waals surface area contributed by atoms with E-state index in [9.17, 15) is 4.79 Å². The molecule has 0 saturated heterocycles. The van der Waals surface area contributed by atoms with Crippen LogP contribution in [-0.2, 0) is 11.3 Å². The van der Waals surface area contributed by atoms with Crippen molar-refractivity contribution in [2.24, 2.45) is 0 Å². The summed E-state index contributed by atoms with van der Waals surface area (Å²) in [5, 5.41) is 0. The second kappa shape index (κ2) is 8.82. The summed E-state index contributed by atoms with van der Waals surface area (Å²) in [7, 11) is 3.21. The van der Waals surface area contributed by atoms with Gasteiger partial charge in [0.2, 0.25) is 0 Å². The SMILES string of the molecule is CCN(Cc1ccc(OC)cc1)C(=O)COc1ccccc1OC. The molecule has 24 heavy (non-hydrogen) atoms. The molecule has 0 saturated carbocycles.